The molecule has 0 aliphatic rings. The lowest BCUT2D eigenvalue weighted by Crippen LogP contribution is -2.34. The molecule has 50 heavy (non-hydrogen) atoms. The molecule has 10 nitrogen and oxygen atoms in total. The summed E-state index contributed by atoms with van der Waals surface area (Å²) < 4.78 is 33.2. The third-order valence-corrected chi connectivity index (χ3v) is 8.76. The van der Waals surface area contributed by atoms with Gasteiger partial charge in [0, 0.05) is 13.0 Å². The molecule has 0 radical (unpaired) electrons. The number of hydrogen-bond donors (Lipinski definition) is 3. The summed E-state index contributed by atoms with van der Waals surface area (Å²) in [7, 11) is -4.62. The van der Waals surface area contributed by atoms with E-state index in [0.29, 0.717) is 13.0 Å². The summed E-state index contributed by atoms with van der Waals surface area (Å²) in [6, 6.07) is -1.48. The molecule has 3 atom stereocenters. The van der Waals surface area contributed by atoms with Crippen LogP contribution < -0.4 is 5.73 Å². The van der Waals surface area contributed by atoms with Gasteiger partial charge in [0.15, 0.2) is 0 Å². The van der Waals surface area contributed by atoms with Gasteiger partial charge in [0.25, 0.3) is 0 Å². The van der Waals surface area contributed by atoms with Gasteiger partial charge in [-0.15, -0.1) is 0 Å². The first kappa shape index (κ1) is 47.9. The summed E-state index contributed by atoms with van der Waals surface area (Å²) >= 11 is 0. The summed E-state index contributed by atoms with van der Waals surface area (Å²) in [6.45, 7) is 3.71. The Morgan fingerprint density at radius 2 is 1.14 bits per heavy atom. The van der Waals surface area contributed by atoms with E-state index in [4.69, 9.17) is 24.8 Å². The van der Waals surface area contributed by atoms with E-state index in [2.05, 4.69) is 67.0 Å². The number of hydrogen-bond acceptors (Lipinski definition) is 8. The lowest BCUT2D eigenvalue weighted by Gasteiger charge is -2.20. The Bertz CT molecular complexity index is 983. The van der Waals surface area contributed by atoms with E-state index < -0.39 is 45.1 Å². The van der Waals surface area contributed by atoms with Crippen molar-refractivity contribution in [1.82, 2.24) is 0 Å². The van der Waals surface area contributed by atoms with Gasteiger partial charge >= 0.3 is 19.8 Å². The maximum atomic E-state index is 12.6. The number of rotatable bonds is 36. The van der Waals surface area contributed by atoms with Crippen LogP contribution in [0.15, 0.2) is 48.6 Å². The predicted octanol–water partition coefficient (Wildman–Crippen LogP) is 9.92. The largest absolute Gasteiger partial charge is 0.480 e. The lowest BCUT2D eigenvalue weighted by atomic mass is 10.1. The molecule has 0 saturated carbocycles. The Morgan fingerprint density at radius 3 is 1.70 bits per heavy atom. The summed E-state index contributed by atoms with van der Waals surface area (Å²) in [4.78, 5) is 33.4. The van der Waals surface area contributed by atoms with Crippen LogP contribution in [0.4, 0.5) is 0 Å². The molecule has 0 aromatic rings. The zero-order valence-corrected chi connectivity index (χ0v) is 32.1. The highest BCUT2D eigenvalue weighted by molar-refractivity contribution is 7.47. The highest BCUT2D eigenvalue weighted by Crippen LogP contribution is 2.43. The minimum absolute atomic E-state index is 0.00240. The van der Waals surface area contributed by atoms with Crippen LogP contribution in [-0.4, -0.2) is 60.5 Å². The van der Waals surface area contributed by atoms with E-state index in [9.17, 15) is 19.0 Å². The maximum Gasteiger partial charge on any atom is 0.472 e. The molecule has 0 aromatic heterocycles. The highest BCUT2D eigenvalue weighted by Gasteiger charge is 2.27. The van der Waals surface area contributed by atoms with E-state index >= 15 is 0 Å². The molecule has 290 valence electrons. The number of carbonyl (C=O) groups excluding carboxylic acids is 1. The van der Waals surface area contributed by atoms with Crippen LogP contribution in [0.1, 0.15) is 149 Å². The van der Waals surface area contributed by atoms with Crippen LogP contribution >= 0.6 is 7.82 Å². The number of nitrogens with two attached hydrogens (primary N) is 1. The molecular formula is C39H70NO9P. The van der Waals surface area contributed by atoms with Crippen molar-refractivity contribution >= 4 is 19.8 Å². The molecule has 0 rings (SSSR count). The zero-order valence-electron chi connectivity index (χ0n) is 31.2. The Hall–Kier alpha value is -2.07. The van der Waals surface area contributed by atoms with Crippen LogP contribution in [0.2, 0.25) is 0 Å². The highest BCUT2D eigenvalue weighted by atomic mass is 31.2. The van der Waals surface area contributed by atoms with E-state index in [1.54, 1.807) is 0 Å². The zero-order chi connectivity index (χ0) is 37.0. The third-order valence-electron chi connectivity index (χ3n) is 7.81. The van der Waals surface area contributed by atoms with Crippen molar-refractivity contribution in [2.75, 3.05) is 26.4 Å². The number of carboxylic acid groups (broad SMARTS) is 1. The lowest BCUT2D eigenvalue weighted by molar-refractivity contribution is -0.154. The Kier molecular flexibility index (Phi) is 33.9. The number of phosphoric acid groups is 1. The first-order valence-corrected chi connectivity index (χ1v) is 20.7. The Morgan fingerprint density at radius 1 is 0.640 bits per heavy atom. The van der Waals surface area contributed by atoms with Crippen LogP contribution in [0.5, 0.6) is 0 Å². The second-order valence-corrected chi connectivity index (χ2v) is 14.1. The van der Waals surface area contributed by atoms with E-state index in [1.165, 1.54) is 44.9 Å². The number of unbranched alkanes of at least 4 members (excludes halogenated alkanes) is 14. The molecule has 0 amide bonds. The minimum atomic E-state index is -4.62. The molecule has 0 heterocycles. The van der Waals surface area contributed by atoms with Crippen LogP contribution in [-0.2, 0) is 32.7 Å². The molecule has 0 bridgehead atoms. The molecule has 0 saturated heterocycles. The second-order valence-electron chi connectivity index (χ2n) is 12.7. The fraction of sp³-hybridized carbons (Fsp3) is 0.744. The van der Waals surface area contributed by atoms with Gasteiger partial charge in [0.1, 0.15) is 12.1 Å². The number of phosphoric ester groups is 1. The summed E-state index contributed by atoms with van der Waals surface area (Å²) in [5, 5.41) is 8.86. The first-order valence-electron chi connectivity index (χ1n) is 19.2. The topological polar surface area (TPSA) is 155 Å². The van der Waals surface area contributed by atoms with Crippen molar-refractivity contribution in [3.8, 4) is 0 Å². The van der Waals surface area contributed by atoms with Crippen molar-refractivity contribution in [2.45, 2.75) is 161 Å². The molecule has 0 aromatic carbocycles. The third kappa shape index (κ3) is 34.4. The number of aliphatic carboxylic acids is 1. The average Bonchev–Trinajstić information content (AvgIpc) is 3.09. The number of carbonyl (C=O) groups is 2. The summed E-state index contributed by atoms with van der Waals surface area (Å²) in [6.07, 6.45) is 38.7. The van der Waals surface area contributed by atoms with Crippen molar-refractivity contribution in [1.29, 1.82) is 0 Å². The molecule has 0 spiro atoms. The van der Waals surface area contributed by atoms with Crippen LogP contribution in [0, 0.1) is 0 Å². The fourth-order valence-electron chi connectivity index (χ4n) is 4.77. The van der Waals surface area contributed by atoms with Gasteiger partial charge in [0.2, 0.25) is 0 Å². The molecule has 4 N–H and O–H groups in total. The van der Waals surface area contributed by atoms with Crippen molar-refractivity contribution in [2.24, 2.45) is 5.73 Å². The average molecular weight is 728 g/mol. The first-order chi connectivity index (χ1) is 24.2. The summed E-state index contributed by atoms with van der Waals surface area (Å²) in [5.41, 5.74) is 5.33. The van der Waals surface area contributed by atoms with E-state index in [0.717, 1.165) is 77.0 Å². The van der Waals surface area contributed by atoms with E-state index in [1.807, 2.05) is 0 Å². The molecule has 0 fully saturated rings. The number of allylic oxidation sites excluding steroid dienone is 8. The van der Waals surface area contributed by atoms with Crippen molar-refractivity contribution in [3.05, 3.63) is 48.6 Å². The van der Waals surface area contributed by atoms with Gasteiger partial charge in [0.05, 0.1) is 19.8 Å². The Balaban J connectivity index is 4.35. The second kappa shape index (κ2) is 35.3. The molecular weight excluding hydrogens is 657 g/mol. The SMILES string of the molecule is CCC/C=C\C/C=C\CCCCCCCC(=O)OC(COCCCCCCCC/C=C\C/C=C\CCCC)COP(=O)(O)OCC(N)C(=O)O. The van der Waals surface area contributed by atoms with Gasteiger partial charge < -0.3 is 25.2 Å². The van der Waals surface area contributed by atoms with Gasteiger partial charge in [-0.2, -0.15) is 0 Å². The smallest absolute Gasteiger partial charge is 0.472 e. The van der Waals surface area contributed by atoms with Gasteiger partial charge in [-0.05, 0) is 64.2 Å². The Labute approximate surface area is 303 Å². The maximum absolute atomic E-state index is 12.6. The van der Waals surface area contributed by atoms with Crippen molar-refractivity contribution in [3.63, 3.8) is 0 Å². The molecule has 3 unspecified atom stereocenters. The number of ether oxygens (including phenoxy) is 2. The predicted molar refractivity (Wildman–Crippen MR) is 203 cm³/mol. The van der Waals surface area contributed by atoms with Gasteiger partial charge in [-0.25, -0.2) is 4.57 Å². The minimum Gasteiger partial charge on any atom is -0.480 e. The van der Waals surface area contributed by atoms with Crippen molar-refractivity contribution < 1.29 is 42.7 Å². The normalized spacial score (nSPS) is 14.6. The number of carboxylic acids is 1. The number of esters is 1. The van der Waals surface area contributed by atoms with Crippen LogP contribution in [0.25, 0.3) is 0 Å². The molecule has 0 aliphatic heterocycles. The standard InChI is InChI=1S/C39H70NO9P/c1-3-5-7-9-11-13-15-17-18-20-22-24-26-28-30-32-46-33-36(34-47-50(44,45)48-35-37(40)39(42)43)49-38(41)31-29-27-25-23-21-19-16-14-12-10-8-6-4-2/h8-11,14-17,36-37H,3-7,12-13,18-35,40H2,1-2H3,(H,42,43)(H,44,45)/b10-8-,11-9-,16-14-,17-15-. The molecule has 11 heteroatoms. The van der Waals surface area contributed by atoms with Gasteiger partial charge in [-0.3, -0.25) is 18.6 Å². The molecule has 0 aliphatic carbocycles. The van der Waals surface area contributed by atoms with E-state index in [-0.39, 0.29) is 13.0 Å². The van der Waals surface area contributed by atoms with Crippen LogP contribution in [0.3, 0.4) is 0 Å². The van der Waals surface area contributed by atoms with Gasteiger partial charge in [-0.1, -0.05) is 127 Å². The fourth-order valence-corrected chi connectivity index (χ4v) is 5.55. The summed E-state index contributed by atoms with van der Waals surface area (Å²) in [5.74, 6) is -1.80. The quantitative estimate of drug-likeness (QED) is 0.0246. The monoisotopic (exact) mass is 727 g/mol.